The highest BCUT2D eigenvalue weighted by Gasteiger charge is 2.22. The molecule has 0 aliphatic heterocycles. The lowest BCUT2D eigenvalue weighted by Gasteiger charge is -2.13. The van der Waals surface area contributed by atoms with Crippen molar-refractivity contribution < 1.29 is 9.59 Å². The van der Waals surface area contributed by atoms with E-state index >= 15 is 0 Å². The molecule has 0 saturated heterocycles. The van der Waals surface area contributed by atoms with Gasteiger partial charge in [0, 0.05) is 18.8 Å². The maximum absolute atomic E-state index is 13.1. The largest absolute Gasteiger partial charge is 0.351 e. The second-order valence-corrected chi connectivity index (χ2v) is 7.37. The van der Waals surface area contributed by atoms with Gasteiger partial charge in [0.05, 0.1) is 22.4 Å². The highest BCUT2D eigenvalue weighted by atomic mass is 79.9. The molecule has 0 spiro atoms. The van der Waals surface area contributed by atoms with E-state index in [1.54, 1.807) is 48.8 Å². The molecule has 4 heterocycles. The molecule has 9 nitrogen and oxygen atoms in total. The molecule has 0 bridgehead atoms. The van der Waals surface area contributed by atoms with Crippen LogP contribution in [0.3, 0.4) is 0 Å². The Labute approximate surface area is 184 Å². The summed E-state index contributed by atoms with van der Waals surface area (Å²) in [6.45, 7) is 2.24. The van der Waals surface area contributed by atoms with Gasteiger partial charge in [-0.25, -0.2) is 14.2 Å². The number of carbonyl (C=O) groups is 2. The van der Waals surface area contributed by atoms with Gasteiger partial charge < -0.3 is 10.6 Å². The Hall–Kier alpha value is -3.24. The fraction of sp³-hybridized carbons (Fsp3) is 0.105. The number of hydrogen-bond acceptors (Lipinski definition) is 5. The Morgan fingerprint density at radius 1 is 1.17 bits per heavy atom. The first kappa shape index (κ1) is 20.0. The number of nitrogens with zero attached hydrogens (tertiary/aromatic N) is 5. The Morgan fingerprint density at radius 2 is 2.00 bits per heavy atom. The normalized spacial score (nSPS) is 10.9. The van der Waals surface area contributed by atoms with Crippen LogP contribution in [0.1, 0.15) is 27.9 Å². The van der Waals surface area contributed by atoms with E-state index in [0.29, 0.717) is 27.7 Å². The summed E-state index contributed by atoms with van der Waals surface area (Å²) in [5.74, 6) is -0.543. The minimum absolute atomic E-state index is 0.185. The number of rotatable bonds is 5. The monoisotopic (exact) mass is 487 g/mol. The van der Waals surface area contributed by atoms with Gasteiger partial charge in [-0.1, -0.05) is 11.6 Å². The van der Waals surface area contributed by atoms with E-state index in [4.69, 9.17) is 11.6 Å². The van der Waals surface area contributed by atoms with E-state index in [1.807, 2.05) is 6.92 Å². The van der Waals surface area contributed by atoms with Gasteiger partial charge in [-0.15, -0.1) is 0 Å². The van der Waals surface area contributed by atoms with Gasteiger partial charge in [-0.05, 0) is 53.2 Å². The van der Waals surface area contributed by atoms with E-state index in [1.165, 1.54) is 9.20 Å². The summed E-state index contributed by atoms with van der Waals surface area (Å²) in [5.41, 5.74) is 1.43. The lowest BCUT2D eigenvalue weighted by atomic mass is 10.2. The third-order valence-corrected chi connectivity index (χ3v) is 4.89. The number of amides is 2. The van der Waals surface area contributed by atoms with Crippen LogP contribution < -0.4 is 10.6 Å². The van der Waals surface area contributed by atoms with E-state index < -0.39 is 5.91 Å². The lowest BCUT2D eigenvalue weighted by Crippen LogP contribution is -2.28. The zero-order valence-electron chi connectivity index (χ0n) is 15.6. The zero-order valence-corrected chi connectivity index (χ0v) is 18.0. The van der Waals surface area contributed by atoms with Crippen LogP contribution in [0, 0.1) is 0 Å². The van der Waals surface area contributed by atoms with Gasteiger partial charge >= 0.3 is 0 Å². The van der Waals surface area contributed by atoms with E-state index in [-0.39, 0.29) is 17.3 Å². The summed E-state index contributed by atoms with van der Waals surface area (Å²) in [6.07, 6.45) is 3.14. The predicted molar refractivity (Wildman–Crippen MR) is 115 cm³/mol. The average Bonchev–Trinajstić information content (AvgIpc) is 3.34. The topological polar surface area (TPSA) is 106 Å². The first-order valence-corrected chi connectivity index (χ1v) is 10.1. The van der Waals surface area contributed by atoms with E-state index in [2.05, 4.69) is 41.7 Å². The molecule has 0 aliphatic carbocycles. The third-order valence-electron chi connectivity index (χ3n) is 4.21. The standard InChI is InChI=1S/C19H15BrClN7O2/c1-2-22-19(30)16-13(6-5-11-7-9-24-27(11)16)25-18(29)14-10-15(20)26-28(14)17-12(21)4-3-8-23-17/h3-10H,2H2,1H3,(H,22,30)(H,25,29). The second kappa shape index (κ2) is 8.25. The molecule has 0 aliphatic rings. The van der Waals surface area contributed by atoms with Crippen LogP contribution in [-0.2, 0) is 0 Å². The molecule has 0 fully saturated rings. The highest BCUT2D eigenvalue weighted by molar-refractivity contribution is 9.10. The molecule has 11 heteroatoms. The predicted octanol–water partition coefficient (Wildman–Crippen LogP) is 3.33. The maximum atomic E-state index is 13.1. The van der Waals surface area contributed by atoms with Crippen LogP contribution in [0.25, 0.3) is 11.3 Å². The molecule has 0 aromatic carbocycles. The molecule has 2 N–H and O–H groups in total. The number of fused-ring (bicyclic) bond motifs is 1. The van der Waals surface area contributed by atoms with Gasteiger partial charge in [-0.3, -0.25) is 9.59 Å². The van der Waals surface area contributed by atoms with Crippen molar-refractivity contribution in [3.05, 3.63) is 69.8 Å². The van der Waals surface area contributed by atoms with Crippen molar-refractivity contribution in [1.82, 2.24) is 29.7 Å². The molecule has 30 heavy (non-hydrogen) atoms. The van der Waals surface area contributed by atoms with Crippen molar-refractivity contribution in [2.24, 2.45) is 0 Å². The third kappa shape index (κ3) is 3.66. The number of carbonyl (C=O) groups excluding carboxylic acids is 2. The number of nitrogens with one attached hydrogen (secondary N) is 2. The first-order chi connectivity index (χ1) is 14.5. The number of hydrogen-bond donors (Lipinski definition) is 2. The van der Waals surface area contributed by atoms with Crippen LogP contribution in [0.2, 0.25) is 5.02 Å². The molecule has 0 unspecified atom stereocenters. The number of halogens is 2. The highest BCUT2D eigenvalue weighted by Crippen LogP contribution is 2.23. The van der Waals surface area contributed by atoms with Crippen LogP contribution in [-0.4, -0.2) is 42.7 Å². The van der Waals surface area contributed by atoms with Gasteiger partial charge in [0.25, 0.3) is 11.8 Å². The molecule has 152 valence electrons. The van der Waals surface area contributed by atoms with Crippen molar-refractivity contribution in [2.75, 3.05) is 11.9 Å². The molecular weight excluding hydrogens is 474 g/mol. The molecule has 0 atom stereocenters. The summed E-state index contributed by atoms with van der Waals surface area (Å²) in [7, 11) is 0. The Bertz CT molecular complexity index is 1270. The zero-order chi connectivity index (χ0) is 21.3. The van der Waals surface area contributed by atoms with Crippen molar-refractivity contribution >= 4 is 50.5 Å². The van der Waals surface area contributed by atoms with Crippen molar-refractivity contribution in [3.63, 3.8) is 0 Å². The minimum Gasteiger partial charge on any atom is -0.351 e. The van der Waals surface area contributed by atoms with Crippen LogP contribution in [0.15, 0.2) is 53.4 Å². The SMILES string of the molecule is CCNC(=O)c1c(NC(=O)c2cc(Br)nn2-c2ncccc2Cl)ccc2ccnn12. The quantitative estimate of drug-likeness (QED) is 0.448. The summed E-state index contributed by atoms with van der Waals surface area (Å²) in [6, 6.07) is 10.1. The van der Waals surface area contributed by atoms with Crippen molar-refractivity contribution in [2.45, 2.75) is 6.92 Å². The number of anilines is 1. The van der Waals surface area contributed by atoms with E-state index in [0.717, 1.165) is 5.52 Å². The van der Waals surface area contributed by atoms with Crippen molar-refractivity contribution in [3.8, 4) is 5.82 Å². The Morgan fingerprint density at radius 3 is 2.77 bits per heavy atom. The van der Waals surface area contributed by atoms with Crippen LogP contribution in [0.5, 0.6) is 0 Å². The van der Waals surface area contributed by atoms with E-state index in [9.17, 15) is 9.59 Å². The Kier molecular flexibility index (Phi) is 5.51. The Balaban J connectivity index is 1.76. The fourth-order valence-electron chi connectivity index (χ4n) is 2.95. The molecule has 0 radical (unpaired) electrons. The molecule has 4 aromatic rings. The van der Waals surface area contributed by atoms with Gasteiger partial charge in [0.1, 0.15) is 10.3 Å². The van der Waals surface area contributed by atoms with Gasteiger partial charge in [0.15, 0.2) is 11.5 Å². The molecule has 0 saturated carbocycles. The smallest absolute Gasteiger partial charge is 0.274 e. The van der Waals surface area contributed by atoms with Crippen LogP contribution >= 0.6 is 27.5 Å². The van der Waals surface area contributed by atoms with Crippen molar-refractivity contribution in [1.29, 1.82) is 0 Å². The average molecular weight is 489 g/mol. The first-order valence-electron chi connectivity index (χ1n) is 8.92. The summed E-state index contributed by atoms with van der Waals surface area (Å²) in [5, 5.41) is 14.3. The van der Waals surface area contributed by atoms with Gasteiger partial charge in [-0.2, -0.15) is 10.2 Å². The van der Waals surface area contributed by atoms with Crippen LogP contribution in [0.4, 0.5) is 5.69 Å². The molecule has 4 aromatic heterocycles. The summed E-state index contributed by atoms with van der Waals surface area (Å²) < 4.78 is 3.24. The maximum Gasteiger partial charge on any atom is 0.274 e. The minimum atomic E-state index is -0.494. The summed E-state index contributed by atoms with van der Waals surface area (Å²) >= 11 is 9.51. The lowest BCUT2D eigenvalue weighted by molar-refractivity contribution is 0.0949. The number of pyridine rings is 2. The summed E-state index contributed by atoms with van der Waals surface area (Å²) in [4.78, 5) is 30.0. The number of aromatic nitrogens is 5. The molecule has 2 amide bonds. The molecular formula is C19H15BrClN7O2. The van der Waals surface area contributed by atoms with Gasteiger partial charge in [0.2, 0.25) is 0 Å². The fourth-order valence-corrected chi connectivity index (χ4v) is 3.52. The molecule has 4 rings (SSSR count). The second-order valence-electron chi connectivity index (χ2n) is 6.15.